The minimum atomic E-state index is -0.740. The zero-order valence-corrected chi connectivity index (χ0v) is 25.1. The van der Waals surface area contributed by atoms with Crippen LogP contribution in [0.2, 0.25) is 0 Å². The third-order valence-corrected chi connectivity index (χ3v) is 8.71. The zero-order valence-electron chi connectivity index (χ0n) is 24.2. The largest absolute Gasteiger partial charge is 0.497 e. The van der Waals surface area contributed by atoms with Gasteiger partial charge in [0.05, 0.1) is 18.0 Å². The van der Waals surface area contributed by atoms with E-state index in [1.165, 1.54) is 16.7 Å². The summed E-state index contributed by atoms with van der Waals surface area (Å²) in [6.07, 6.45) is 0.872. The number of thioether (sulfide) groups is 1. The van der Waals surface area contributed by atoms with Crippen molar-refractivity contribution in [3.05, 3.63) is 77.9 Å². The highest BCUT2D eigenvalue weighted by Crippen LogP contribution is 2.37. The molecule has 11 nitrogen and oxygen atoms in total. The summed E-state index contributed by atoms with van der Waals surface area (Å²) < 4.78 is 15.9. The molecule has 3 heterocycles. The van der Waals surface area contributed by atoms with Gasteiger partial charge in [-0.3, -0.25) is 19.4 Å². The molecule has 3 amide bonds. The maximum atomic E-state index is 13.7. The Morgan fingerprint density at radius 3 is 2.68 bits per heavy atom. The number of carbonyl (C=O) groups excluding carboxylic acids is 3. The van der Waals surface area contributed by atoms with E-state index in [0.717, 1.165) is 16.9 Å². The second kappa shape index (κ2) is 12.8. The highest BCUT2D eigenvalue weighted by Gasteiger charge is 2.42. The van der Waals surface area contributed by atoms with Gasteiger partial charge in [-0.05, 0) is 54.8 Å². The van der Waals surface area contributed by atoms with Gasteiger partial charge in [0.1, 0.15) is 17.6 Å². The van der Waals surface area contributed by atoms with E-state index in [0.29, 0.717) is 46.8 Å². The Kier molecular flexibility index (Phi) is 8.51. The van der Waals surface area contributed by atoms with E-state index in [2.05, 4.69) is 10.6 Å². The summed E-state index contributed by atoms with van der Waals surface area (Å²) in [4.78, 5) is 50.7. The van der Waals surface area contributed by atoms with E-state index >= 15 is 0 Å². The maximum Gasteiger partial charge on any atom is 0.259 e. The van der Waals surface area contributed by atoms with E-state index in [4.69, 9.17) is 24.2 Å². The molecule has 3 aromatic rings. The molecule has 2 N–H and O–H groups in total. The minimum Gasteiger partial charge on any atom is -0.497 e. The van der Waals surface area contributed by atoms with Gasteiger partial charge >= 0.3 is 0 Å². The standard InChI is InChI=1S/C32H31N5O6S/c1-3-27(30(39)34-20-10-14-25-26(16-20)43-18-42-25)44-32-36-23-7-5-4-6-22(23)29-35-24(31(40)37(29)32)13-15-28(38)33-17-19-8-11-21(41-2)12-9-19/h4-12,14,16,24,27H,3,13,15,17-18H2,1-2H3,(H,33,38)(H,34,39)/t24-,27+/m0/s1. The molecule has 3 aliphatic heterocycles. The normalized spacial score (nSPS) is 16.8. The van der Waals surface area contributed by atoms with E-state index in [1.54, 1.807) is 25.3 Å². The summed E-state index contributed by atoms with van der Waals surface area (Å²) in [6, 6.07) is 19.4. The zero-order chi connectivity index (χ0) is 30.6. The van der Waals surface area contributed by atoms with Gasteiger partial charge in [0.25, 0.3) is 5.91 Å². The van der Waals surface area contributed by atoms with Crippen molar-refractivity contribution in [2.24, 2.45) is 9.98 Å². The summed E-state index contributed by atoms with van der Waals surface area (Å²) in [7, 11) is 1.60. The van der Waals surface area contributed by atoms with Crippen LogP contribution in [0, 0.1) is 0 Å². The van der Waals surface area contributed by atoms with Crippen LogP contribution in [0.3, 0.4) is 0 Å². The topological polar surface area (TPSA) is 131 Å². The fourth-order valence-corrected chi connectivity index (χ4v) is 6.04. The lowest BCUT2D eigenvalue weighted by molar-refractivity contribution is -0.125. The lowest BCUT2D eigenvalue weighted by atomic mass is 10.1. The van der Waals surface area contributed by atoms with Crippen molar-refractivity contribution in [1.82, 2.24) is 10.2 Å². The van der Waals surface area contributed by atoms with Crippen molar-refractivity contribution in [3.63, 3.8) is 0 Å². The van der Waals surface area contributed by atoms with Crippen LogP contribution in [0.15, 0.2) is 76.7 Å². The molecular formula is C32H31N5O6S. The molecule has 3 aromatic carbocycles. The molecule has 0 unspecified atom stereocenters. The molecule has 0 fully saturated rings. The molecule has 226 valence electrons. The van der Waals surface area contributed by atoms with Crippen molar-refractivity contribution in [2.45, 2.75) is 44.0 Å². The van der Waals surface area contributed by atoms with E-state index in [-0.39, 0.29) is 37.4 Å². The smallest absolute Gasteiger partial charge is 0.259 e. The maximum absolute atomic E-state index is 13.7. The number of nitrogens with one attached hydrogen (secondary N) is 2. The molecule has 44 heavy (non-hydrogen) atoms. The molecule has 3 aliphatic rings. The molecule has 12 heteroatoms. The summed E-state index contributed by atoms with van der Waals surface area (Å²) in [5.41, 5.74) is 2.92. The van der Waals surface area contributed by atoms with Crippen molar-refractivity contribution in [2.75, 3.05) is 19.2 Å². The quantitative estimate of drug-likeness (QED) is 0.341. The van der Waals surface area contributed by atoms with Crippen molar-refractivity contribution >= 4 is 51.9 Å². The van der Waals surface area contributed by atoms with Crippen LogP contribution in [0.5, 0.6) is 17.2 Å². The van der Waals surface area contributed by atoms with Crippen molar-refractivity contribution in [1.29, 1.82) is 0 Å². The number of benzene rings is 3. The van der Waals surface area contributed by atoms with Crippen LogP contribution in [-0.2, 0) is 20.9 Å². The predicted molar refractivity (Wildman–Crippen MR) is 168 cm³/mol. The molecule has 2 atom stereocenters. The SMILES string of the molecule is CC[C@@H](SC1=Nc2ccccc2C2=N[C@@H](CCC(=O)NCc3ccc(OC)cc3)C(=O)N12)C(=O)Nc1ccc2c(c1)OCO2. The van der Waals surface area contributed by atoms with Gasteiger partial charge in [0.15, 0.2) is 16.7 Å². The third kappa shape index (κ3) is 6.11. The number of para-hydroxylation sites is 1. The monoisotopic (exact) mass is 613 g/mol. The number of rotatable bonds is 10. The molecule has 0 bridgehead atoms. The Morgan fingerprint density at radius 1 is 1.09 bits per heavy atom. The highest BCUT2D eigenvalue weighted by atomic mass is 32.2. The van der Waals surface area contributed by atoms with Gasteiger partial charge in [-0.2, -0.15) is 0 Å². The molecule has 0 saturated heterocycles. The molecule has 0 radical (unpaired) electrons. The lowest BCUT2D eigenvalue weighted by Crippen LogP contribution is -2.42. The molecule has 0 aromatic heterocycles. The number of nitrogens with zero attached hydrogens (tertiary/aromatic N) is 3. The number of fused-ring (bicyclic) bond motifs is 4. The number of carbonyl (C=O) groups is 3. The van der Waals surface area contributed by atoms with E-state index in [1.807, 2.05) is 55.5 Å². The second-order valence-electron chi connectivity index (χ2n) is 10.3. The number of amidine groups is 2. The number of methoxy groups -OCH3 is 1. The Morgan fingerprint density at radius 2 is 1.89 bits per heavy atom. The Hall–Kier alpha value is -4.84. The summed E-state index contributed by atoms with van der Waals surface area (Å²) >= 11 is 1.22. The van der Waals surface area contributed by atoms with Gasteiger partial charge in [-0.25, -0.2) is 9.89 Å². The number of anilines is 1. The Bertz CT molecular complexity index is 1660. The lowest BCUT2D eigenvalue weighted by Gasteiger charge is -2.27. The number of hydrogen-bond acceptors (Lipinski definition) is 9. The first kappa shape index (κ1) is 29.2. The summed E-state index contributed by atoms with van der Waals surface area (Å²) in [5, 5.41) is 5.68. The van der Waals surface area contributed by atoms with Gasteiger partial charge in [-0.15, -0.1) is 0 Å². The summed E-state index contributed by atoms with van der Waals surface area (Å²) in [6.45, 7) is 2.42. The fourth-order valence-electron chi connectivity index (χ4n) is 5.02. The van der Waals surface area contributed by atoms with Crippen LogP contribution >= 0.6 is 11.8 Å². The Balaban J connectivity index is 1.13. The highest BCUT2D eigenvalue weighted by molar-refractivity contribution is 8.15. The number of aliphatic imine (C=N–C) groups is 2. The van der Waals surface area contributed by atoms with Gasteiger partial charge in [0.2, 0.25) is 18.6 Å². The molecular weight excluding hydrogens is 582 g/mol. The van der Waals surface area contributed by atoms with Crippen LogP contribution in [0.1, 0.15) is 37.3 Å². The number of hydrogen-bond donors (Lipinski definition) is 2. The fraction of sp³-hybridized carbons (Fsp3) is 0.281. The Labute approximate surface area is 258 Å². The van der Waals surface area contributed by atoms with Crippen LogP contribution in [-0.4, -0.2) is 58.8 Å². The van der Waals surface area contributed by atoms with E-state index < -0.39 is 11.3 Å². The minimum absolute atomic E-state index is 0.133. The van der Waals surface area contributed by atoms with E-state index in [9.17, 15) is 14.4 Å². The van der Waals surface area contributed by atoms with Gasteiger partial charge in [-0.1, -0.05) is 43.0 Å². The van der Waals surface area contributed by atoms with Crippen molar-refractivity contribution in [3.8, 4) is 17.2 Å². The average Bonchev–Trinajstić information content (AvgIpc) is 3.65. The first-order valence-corrected chi connectivity index (χ1v) is 15.2. The number of amides is 3. The van der Waals surface area contributed by atoms with Crippen molar-refractivity contribution < 1.29 is 28.6 Å². The van der Waals surface area contributed by atoms with Crippen LogP contribution < -0.4 is 24.8 Å². The molecule has 6 rings (SSSR count). The summed E-state index contributed by atoms with van der Waals surface area (Å²) in [5.74, 6) is 1.76. The molecule has 0 saturated carbocycles. The third-order valence-electron chi connectivity index (χ3n) is 7.39. The molecule has 0 aliphatic carbocycles. The first-order chi connectivity index (χ1) is 21.4. The molecule has 0 spiro atoms. The number of ether oxygens (including phenoxy) is 3. The predicted octanol–water partition coefficient (Wildman–Crippen LogP) is 4.63. The first-order valence-electron chi connectivity index (χ1n) is 14.3. The van der Waals surface area contributed by atoms with Crippen LogP contribution in [0.4, 0.5) is 11.4 Å². The van der Waals surface area contributed by atoms with Gasteiger partial charge in [0, 0.05) is 30.3 Å². The van der Waals surface area contributed by atoms with Crippen LogP contribution in [0.25, 0.3) is 0 Å². The van der Waals surface area contributed by atoms with Gasteiger partial charge < -0.3 is 24.8 Å². The second-order valence-corrected chi connectivity index (χ2v) is 11.5. The average molecular weight is 614 g/mol.